The molecular formula is C14H19N3O2. The van der Waals surface area contributed by atoms with Crippen LogP contribution in [-0.2, 0) is 11.3 Å². The summed E-state index contributed by atoms with van der Waals surface area (Å²) in [4.78, 5) is 0. The van der Waals surface area contributed by atoms with E-state index >= 15 is 0 Å². The predicted octanol–water partition coefficient (Wildman–Crippen LogP) is 2.25. The molecule has 102 valence electrons. The van der Waals surface area contributed by atoms with Gasteiger partial charge in [-0.05, 0) is 25.5 Å². The molecule has 0 amide bonds. The van der Waals surface area contributed by atoms with Crippen LogP contribution in [0, 0.1) is 0 Å². The molecule has 19 heavy (non-hydrogen) atoms. The third-order valence-corrected chi connectivity index (χ3v) is 2.84. The summed E-state index contributed by atoms with van der Waals surface area (Å²) in [6.45, 7) is 3.42. The van der Waals surface area contributed by atoms with Gasteiger partial charge in [-0.25, -0.2) is 0 Å². The van der Waals surface area contributed by atoms with Crippen LogP contribution in [0.4, 0.5) is 0 Å². The Bertz CT molecular complexity index is 484. The van der Waals surface area contributed by atoms with E-state index in [1.165, 1.54) is 0 Å². The number of methoxy groups -OCH3 is 1. The van der Waals surface area contributed by atoms with Gasteiger partial charge in [0.1, 0.15) is 0 Å². The van der Waals surface area contributed by atoms with Crippen molar-refractivity contribution in [1.29, 1.82) is 0 Å². The van der Waals surface area contributed by atoms with Crippen molar-refractivity contribution in [1.82, 2.24) is 15.5 Å². The number of hydrogen-bond donors (Lipinski definition) is 1. The number of ether oxygens (including phenoxy) is 1. The van der Waals surface area contributed by atoms with Gasteiger partial charge in [-0.3, -0.25) is 0 Å². The first kappa shape index (κ1) is 13.7. The standard InChI is InChI=1S/C14H19N3O2/c1-11(8-9-18-2)15-10-13-16-17-14(19-13)12-6-4-3-5-7-12/h3-7,11,15H,8-10H2,1-2H3. The minimum Gasteiger partial charge on any atom is -0.419 e. The maximum absolute atomic E-state index is 5.61. The van der Waals surface area contributed by atoms with E-state index in [0.717, 1.165) is 18.6 Å². The molecular weight excluding hydrogens is 242 g/mol. The molecule has 0 radical (unpaired) electrons. The summed E-state index contributed by atoms with van der Waals surface area (Å²) in [6.07, 6.45) is 0.955. The monoisotopic (exact) mass is 261 g/mol. The summed E-state index contributed by atoms with van der Waals surface area (Å²) in [7, 11) is 1.71. The van der Waals surface area contributed by atoms with Crippen molar-refractivity contribution >= 4 is 0 Å². The molecule has 1 aromatic heterocycles. The van der Waals surface area contributed by atoms with Crippen molar-refractivity contribution in [2.24, 2.45) is 0 Å². The first-order chi connectivity index (χ1) is 9.29. The average molecular weight is 261 g/mol. The fourth-order valence-corrected chi connectivity index (χ4v) is 1.68. The molecule has 0 aliphatic carbocycles. The second-order valence-corrected chi connectivity index (χ2v) is 4.43. The normalized spacial score (nSPS) is 12.5. The van der Waals surface area contributed by atoms with Crippen molar-refractivity contribution in [2.45, 2.75) is 25.9 Å². The van der Waals surface area contributed by atoms with Gasteiger partial charge in [0.25, 0.3) is 0 Å². The SMILES string of the molecule is COCCC(C)NCc1nnc(-c2ccccc2)o1. The van der Waals surface area contributed by atoms with Crippen LogP contribution in [0.2, 0.25) is 0 Å². The highest BCUT2D eigenvalue weighted by Gasteiger charge is 2.09. The lowest BCUT2D eigenvalue weighted by atomic mass is 10.2. The maximum atomic E-state index is 5.61. The van der Waals surface area contributed by atoms with Crippen LogP contribution in [0.15, 0.2) is 34.7 Å². The van der Waals surface area contributed by atoms with Crippen molar-refractivity contribution < 1.29 is 9.15 Å². The molecule has 1 unspecified atom stereocenters. The number of hydrogen-bond acceptors (Lipinski definition) is 5. The fourth-order valence-electron chi connectivity index (χ4n) is 1.68. The van der Waals surface area contributed by atoms with Crippen LogP contribution in [0.3, 0.4) is 0 Å². The number of rotatable bonds is 7. The molecule has 0 bridgehead atoms. The van der Waals surface area contributed by atoms with Crippen molar-refractivity contribution in [3.05, 3.63) is 36.2 Å². The molecule has 5 heteroatoms. The summed E-state index contributed by atoms with van der Waals surface area (Å²) < 4.78 is 10.6. The molecule has 0 fully saturated rings. The summed E-state index contributed by atoms with van der Waals surface area (Å²) in [5.74, 6) is 1.16. The Kier molecular flexibility index (Phi) is 5.06. The summed E-state index contributed by atoms with van der Waals surface area (Å²) in [5, 5.41) is 11.4. The zero-order chi connectivity index (χ0) is 13.5. The number of nitrogens with one attached hydrogen (secondary N) is 1. The molecule has 1 aromatic carbocycles. The Morgan fingerprint density at radius 2 is 2.05 bits per heavy atom. The lowest BCUT2D eigenvalue weighted by Gasteiger charge is -2.10. The third kappa shape index (κ3) is 4.15. The Hall–Kier alpha value is -1.72. The van der Waals surface area contributed by atoms with Crippen LogP contribution in [0.1, 0.15) is 19.2 Å². The van der Waals surface area contributed by atoms with Crippen LogP contribution in [-0.4, -0.2) is 30.0 Å². The largest absolute Gasteiger partial charge is 0.419 e. The number of aromatic nitrogens is 2. The smallest absolute Gasteiger partial charge is 0.247 e. The number of benzene rings is 1. The van der Waals surface area contributed by atoms with E-state index in [4.69, 9.17) is 9.15 Å². The Morgan fingerprint density at radius 3 is 2.79 bits per heavy atom. The lowest BCUT2D eigenvalue weighted by Crippen LogP contribution is -2.26. The molecule has 2 aromatic rings. The van der Waals surface area contributed by atoms with Gasteiger partial charge in [-0.2, -0.15) is 0 Å². The van der Waals surface area contributed by atoms with E-state index in [9.17, 15) is 0 Å². The van der Waals surface area contributed by atoms with Gasteiger partial charge in [0.2, 0.25) is 11.8 Å². The van der Waals surface area contributed by atoms with Gasteiger partial charge in [-0.1, -0.05) is 18.2 Å². The van der Waals surface area contributed by atoms with Crippen LogP contribution in [0.5, 0.6) is 0 Å². The van der Waals surface area contributed by atoms with Crippen LogP contribution >= 0.6 is 0 Å². The summed E-state index contributed by atoms with van der Waals surface area (Å²) >= 11 is 0. The van der Waals surface area contributed by atoms with Crippen molar-refractivity contribution in [2.75, 3.05) is 13.7 Å². The quantitative estimate of drug-likeness (QED) is 0.828. The topological polar surface area (TPSA) is 60.2 Å². The molecule has 0 saturated carbocycles. The Balaban J connectivity index is 1.88. The molecule has 0 aliphatic rings. The van der Waals surface area contributed by atoms with Crippen LogP contribution < -0.4 is 5.32 Å². The summed E-state index contributed by atoms with van der Waals surface area (Å²) in [6, 6.07) is 10.1. The maximum Gasteiger partial charge on any atom is 0.247 e. The zero-order valence-electron chi connectivity index (χ0n) is 11.3. The highest BCUT2D eigenvalue weighted by atomic mass is 16.5. The van der Waals surface area contributed by atoms with E-state index in [1.807, 2.05) is 30.3 Å². The lowest BCUT2D eigenvalue weighted by molar-refractivity contribution is 0.184. The highest BCUT2D eigenvalue weighted by molar-refractivity contribution is 5.51. The second kappa shape index (κ2) is 7.01. The molecule has 0 aliphatic heterocycles. The second-order valence-electron chi connectivity index (χ2n) is 4.43. The predicted molar refractivity (Wildman–Crippen MR) is 72.5 cm³/mol. The molecule has 1 N–H and O–H groups in total. The molecule has 0 saturated heterocycles. The average Bonchev–Trinajstić information content (AvgIpc) is 2.93. The van der Waals surface area contributed by atoms with Gasteiger partial charge < -0.3 is 14.5 Å². The first-order valence-electron chi connectivity index (χ1n) is 6.39. The summed E-state index contributed by atoms with van der Waals surface area (Å²) in [5.41, 5.74) is 0.939. The minimum atomic E-state index is 0.354. The van der Waals surface area contributed by atoms with Gasteiger partial charge in [0, 0.05) is 25.3 Å². The fraction of sp³-hybridized carbons (Fsp3) is 0.429. The molecule has 1 heterocycles. The highest BCUT2D eigenvalue weighted by Crippen LogP contribution is 2.16. The minimum absolute atomic E-state index is 0.354. The Labute approximate surface area is 113 Å². The third-order valence-electron chi connectivity index (χ3n) is 2.84. The van der Waals surface area contributed by atoms with Gasteiger partial charge in [0.05, 0.1) is 6.54 Å². The van der Waals surface area contributed by atoms with E-state index in [0.29, 0.717) is 24.4 Å². The van der Waals surface area contributed by atoms with Gasteiger partial charge in [-0.15, -0.1) is 10.2 Å². The van der Waals surface area contributed by atoms with E-state index in [1.54, 1.807) is 7.11 Å². The zero-order valence-corrected chi connectivity index (χ0v) is 11.3. The van der Waals surface area contributed by atoms with Crippen molar-refractivity contribution in [3.63, 3.8) is 0 Å². The molecule has 2 rings (SSSR count). The van der Waals surface area contributed by atoms with E-state index in [2.05, 4.69) is 22.4 Å². The van der Waals surface area contributed by atoms with Crippen molar-refractivity contribution in [3.8, 4) is 11.5 Å². The Morgan fingerprint density at radius 1 is 1.26 bits per heavy atom. The van der Waals surface area contributed by atoms with Gasteiger partial charge >= 0.3 is 0 Å². The van der Waals surface area contributed by atoms with E-state index in [-0.39, 0.29) is 0 Å². The van der Waals surface area contributed by atoms with Crippen LogP contribution in [0.25, 0.3) is 11.5 Å². The molecule has 5 nitrogen and oxygen atoms in total. The number of nitrogens with zero attached hydrogens (tertiary/aromatic N) is 2. The van der Waals surface area contributed by atoms with E-state index < -0.39 is 0 Å². The molecule has 0 spiro atoms. The van der Waals surface area contributed by atoms with Gasteiger partial charge in [0.15, 0.2) is 0 Å². The molecule has 1 atom stereocenters. The first-order valence-corrected chi connectivity index (χ1v) is 6.39.